The van der Waals surface area contributed by atoms with Crippen LogP contribution < -0.4 is 11.1 Å². The molecule has 1 saturated heterocycles. The number of benzene rings is 1. The zero-order valence-electron chi connectivity index (χ0n) is 13.0. The van der Waals surface area contributed by atoms with E-state index in [9.17, 15) is 4.79 Å². The molecule has 8 heteroatoms. The lowest BCUT2D eigenvalue weighted by Gasteiger charge is -2.25. The Bertz CT molecular complexity index is 574. The van der Waals surface area contributed by atoms with Crippen molar-refractivity contribution in [1.29, 1.82) is 0 Å². The van der Waals surface area contributed by atoms with E-state index in [1.54, 1.807) is 12.1 Å². The summed E-state index contributed by atoms with van der Waals surface area (Å²) in [5, 5.41) is 6.89. The molecule has 1 heterocycles. The van der Waals surface area contributed by atoms with Crippen molar-refractivity contribution in [2.45, 2.75) is 6.92 Å². The normalized spacial score (nSPS) is 16.2. The largest absolute Gasteiger partial charge is 0.384 e. The first-order chi connectivity index (χ1) is 11.0. The average Bonchev–Trinajstić information content (AvgIpc) is 2.51. The molecule has 0 atom stereocenters. The number of aryl methyl sites for hydroxylation is 1. The van der Waals surface area contributed by atoms with Crippen LogP contribution in [0.1, 0.15) is 5.56 Å². The number of nitrogens with one attached hydrogen (secondary N) is 1. The highest BCUT2D eigenvalue weighted by molar-refractivity contribution is 6.33. The van der Waals surface area contributed by atoms with Crippen LogP contribution in [0.15, 0.2) is 23.4 Å². The Labute approximate surface area is 140 Å². The summed E-state index contributed by atoms with van der Waals surface area (Å²) in [5.41, 5.74) is 7.33. The van der Waals surface area contributed by atoms with Gasteiger partial charge in [0.05, 0.1) is 30.5 Å². The molecule has 23 heavy (non-hydrogen) atoms. The average molecular weight is 341 g/mol. The number of anilines is 1. The second-order valence-corrected chi connectivity index (χ2v) is 5.68. The van der Waals surface area contributed by atoms with Crippen LogP contribution >= 0.6 is 11.6 Å². The summed E-state index contributed by atoms with van der Waals surface area (Å²) >= 11 is 6.05. The number of hydrogen-bond acceptors (Lipinski definition) is 5. The molecule has 1 amide bonds. The molecule has 0 unspecified atom stereocenters. The van der Waals surface area contributed by atoms with Gasteiger partial charge in [-0.15, -0.1) is 0 Å². The third kappa shape index (κ3) is 6.05. The fourth-order valence-corrected chi connectivity index (χ4v) is 2.38. The Balaban J connectivity index is 1.74. The van der Waals surface area contributed by atoms with E-state index in [0.717, 1.165) is 18.7 Å². The first kappa shape index (κ1) is 17.5. The number of rotatable bonds is 6. The van der Waals surface area contributed by atoms with E-state index >= 15 is 0 Å². The van der Waals surface area contributed by atoms with Crippen molar-refractivity contribution < 1.29 is 14.4 Å². The van der Waals surface area contributed by atoms with Gasteiger partial charge < -0.3 is 20.6 Å². The van der Waals surface area contributed by atoms with Gasteiger partial charge in [-0.2, -0.15) is 0 Å². The minimum Gasteiger partial charge on any atom is -0.384 e. The lowest BCUT2D eigenvalue weighted by atomic mass is 10.2. The Kier molecular flexibility index (Phi) is 6.64. The van der Waals surface area contributed by atoms with Gasteiger partial charge in [0, 0.05) is 13.1 Å². The predicted octanol–water partition coefficient (Wildman–Crippen LogP) is 1.21. The van der Waals surface area contributed by atoms with Crippen molar-refractivity contribution in [2.24, 2.45) is 10.9 Å². The Morgan fingerprint density at radius 2 is 2.22 bits per heavy atom. The number of nitrogens with two attached hydrogens (primary N) is 1. The SMILES string of the molecule is Cc1ccc(NC(=O)CON=C(N)CN2CCOCC2)c(Cl)c1. The molecule has 126 valence electrons. The standard InChI is InChI=1S/C15H21ClN4O3/c1-11-2-3-13(12(16)8-11)18-15(21)10-23-19-14(17)9-20-4-6-22-7-5-20/h2-3,8H,4-7,9-10H2,1H3,(H2,17,19)(H,18,21). The molecule has 0 spiro atoms. The quantitative estimate of drug-likeness (QED) is 0.461. The second kappa shape index (κ2) is 8.71. The molecular weight excluding hydrogens is 320 g/mol. The van der Waals surface area contributed by atoms with Gasteiger partial charge in [0.2, 0.25) is 0 Å². The highest BCUT2D eigenvalue weighted by Gasteiger charge is 2.12. The number of amides is 1. The summed E-state index contributed by atoms with van der Waals surface area (Å²) in [7, 11) is 0. The molecule has 1 fully saturated rings. The van der Waals surface area contributed by atoms with Crippen LogP contribution in [0.5, 0.6) is 0 Å². The predicted molar refractivity (Wildman–Crippen MR) is 89.7 cm³/mol. The number of ether oxygens (including phenoxy) is 1. The molecule has 1 aliphatic rings. The zero-order chi connectivity index (χ0) is 16.7. The summed E-state index contributed by atoms with van der Waals surface area (Å²) in [4.78, 5) is 18.9. The van der Waals surface area contributed by atoms with E-state index in [1.165, 1.54) is 0 Å². The van der Waals surface area contributed by atoms with Crippen LogP contribution in [0.2, 0.25) is 5.02 Å². The van der Waals surface area contributed by atoms with Crippen LogP contribution in [0.3, 0.4) is 0 Å². The van der Waals surface area contributed by atoms with Gasteiger partial charge in [-0.25, -0.2) is 0 Å². The first-order valence-electron chi connectivity index (χ1n) is 7.35. The fraction of sp³-hybridized carbons (Fsp3) is 0.467. The minimum atomic E-state index is -0.348. The molecule has 2 rings (SSSR count). The van der Waals surface area contributed by atoms with Crippen molar-refractivity contribution in [1.82, 2.24) is 4.90 Å². The van der Waals surface area contributed by atoms with Crippen molar-refractivity contribution in [3.63, 3.8) is 0 Å². The van der Waals surface area contributed by atoms with E-state index in [0.29, 0.717) is 36.3 Å². The van der Waals surface area contributed by atoms with E-state index in [-0.39, 0.29) is 12.5 Å². The zero-order valence-corrected chi connectivity index (χ0v) is 13.8. The third-order valence-electron chi connectivity index (χ3n) is 3.27. The van der Waals surface area contributed by atoms with Gasteiger partial charge in [-0.1, -0.05) is 22.8 Å². The van der Waals surface area contributed by atoms with Gasteiger partial charge >= 0.3 is 0 Å². The summed E-state index contributed by atoms with van der Waals surface area (Å²) in [6.45, 7) is 5.18. The van der Waals surface area contributed by atoms with Crippen molar-refractivity contribution >= 4 is 29.0 Å². The van der Waals surface area contributed by atoms with Gasteiger partial charge in [0.1, 0.15) is 0 Å². The van der Waals surface area contributed by atoms with Crippen LogP contribution in [0.25, 0.3) is 0 Å². The molecule has 0 radical (unpaired) electrons. The molecule has 1 aromatic rings. The van der Waals surface area contributed by atoms with E-state index in [4.69, 9.17) is 26.9 Å². The van der Waals surface area contributed by atoms with E-state index in [1.807, 2.05) is 13.0 Å². The van der Waals surface area contributed by atoms with Crippen LogP contribution in [0.4, 0.5) is 5.69 Å². The molecule has 1 aliphatic heterocycles. The van der Waals surface area contributed by atoms with Crippen LogP contribution in [0, 0.1) is 6.92 Å². The number of carbonyl (C=O) groups excluding carboxylic acids is 1. The molecule has 3 N–H and O–H groups in total. The summed E-state index contributed by atoms with van der Waals surface area (Å²) in [5.74, 6) is -0.0215. The molecule has 0 aliphatic carbocycles. The topological polar surface area (TPSA) is 89.2 Å². The number of hydrogen-bond donors (Lipinski definition) is 2. The maximum atomic E-state index is 11.8. The maximum Gasteiger partial charge on any atom is 0.265 e. The second-order valence-electron chi connectivity index (χ2n) is 5.28. The van der Waals surface area contributed by atoms with Gasteiger partial charge in [-0.05, 0) is 24.6 Å². The molecule has 0 saturated carbocycles. The fourth-order valence-electron chi connectivity index (χ4n) is 2.10. The monoisotopic (exact) mass is 340 g/mol. The van der Waals surface area contributed by atoms with Gasteiger partial charge in [0.15, 0.2) is 12.4 Å². The highest BCUT2D eigenvalue weighted by Crippen LogP contribution is 2.22. The minimum absolute atomic E-state index is 0.228. The molecular formula is C15H21ClN4O3. The van der Waals surface area contributed by atoms with Crippen molar-refractivity contribution in [3.05, 3.63) is 28.8 Å². The molecule has 1 aromatic carbocycles. The third-order valence-corrected chi connectivity index (χ3v) is 3.58. The van der Waals surface area contributed by atoms with E-state index in [2.05, 4.69) is 15.4 Å². The number of nitrogens with zero attached hydrogens (tertiary/aromatic N) is 2. The lowest BCUT2D eigenvalue weighted by Crippen LogP contribution is -2.41. The number of carbonyl (C=O) groups is 1. The number of morpholine rings is 1. The van der Waals surface area contributed by atoms with Gasteiger partial charge in [-0.3, -0.25) is 9.69 Å². The molecule has 0 aromatic heterocycles. The van der Waals surface area contributed by atoms with Crippen molar-refractivity contribution in [3.8, 4) is 0 Å². The number of amidine groups is 1. The van der Waals surface area contributed by atoms with Crippen LogP contribution in [-0.4, -0.2) is 56.1 Å². The van der Waals surface area contributed by atoms with Crippen LogP contribution in [-0.2, 0) is 14.4 Å². The summed E-state index contributed by atoms with van der Waals surface area (Å²) < 4.78 is 5.25. The summed E-state index contributed by atoms with van der Waals surface area (Å²) in [6.07, 6.45) is 0. The smallest absolute Gasteiger partial charge is 0.265 e. The molecule has 0 bridgehead atoms. The molecule has 7 nitrogen and oxygen atoms in total. The first-order valence-corrected chi connectivity index (χ1v) is 7.73. The summed E-state index contributed by atoms with van der Waals surface area (Å²) in [6, 6.07) is 5.38. The Morgan fingerprint density at radius 3 is 2.91 bits per heavy atom. The number of halogens is 1. The maximum absolute atomic E-state index is 11.8. The lowest BCUT2D eigenvalue weighted by molar-refractivity contribution is -0.120. The van der Waals surface area contributed by atoms with Crippen molar-refractivity contribution in [2.75, 3.05) is 44.8 Å². The highest BCUT2D eigenvalue weighted by atomic mass is 35.5. The Morgan fingerprint density at radius 1 is 1.48 bits per heavy atom. The number of oxime groups is 1. The van der Waals surface area contributed by atoms with Gasteiger partial charge in [0.25, 0.3) is 5.91 Å². The van der Waals surface area contributed by atoms with E-state index < -0.39 is 0 Å². The Hall–Kier alpha value is -1.83.